The van der Waals surface area contributed by atoms with Crippen molar-refractivity contribution < 1.29 is 19.4 Å². The van der Waals surface area contributed by atoms with E-state index in [1.807, 2.05) is 31.7 Å². The molecule has 2 aromatic rings. The lowest BCUT2D eigenvalue weighted by Gasteiger charge is -2.32. The number of hydrogen-bond donors (Lipinski definition) is 1. The Morgan fingerprint density at radius 3 is 2.57 bits per heavy atom. The monoisotopic (exact) mass is 443 g/mol. The SMILES string of the molecule is CC(C)(C)C(=O)Oc1cc2c(s1)CCN([C@H](C(=O)O)c1ccccc1Cl)C2.Cl. The maximum absolute atomic E-state index is 12.1. The molecule has 0 radical (unpaired) electrons. The molecule has 3 rings (SSSR count). The Bertz CT molecular complexity index is 875. The van der Waals surface area contributed by atoms with Crippen molar-refractivity contribution in [2.75, 3.05) is 6.54 Å². The predicted molar refractivity (Wildman–Crippen MR) is 113 cm³/mol. The molecule has 0 aliphatic carbocycles. The van der Waals surface area contributed by atoms with Crippen LogP contribution in [0.5, 0.6) is 5.06 Å². The summed E-state index contributed by atoms with van der Waals surface area (Å²) >= 11 is 7.70. The molecule has 1 N–H and O–H groups in total. The number of thiophene rings is 1. The second kappa shape index (κ2) is 8.82. The van der Waals surface area contributed by atoms with Crippen LogP contribution in [-0.4, -0.2) is 28.5 Å². The van der Waals surface area contributed by atoms with Crippen LogP contribution in [0.4, 0.5) is 0 Å². The topological polar surface area (TPSA) is 66.8 Å². The maximum atomic E-state index is 12.1. The number of fused-ring (bicyclic) bond motifs is 1. The molecular formula is C20H23Cl2NO4S. The van der Waals surface area contributed by atoms with E-state index in [9.17, 15) is 14.7 Å². The molecule has 28 heavy (non-hydrogen) atoms. The lowest BCUT2D eigenvalue weighted by Crippen LogP contribution is -2.37. The molecule has 1 aliphatic rings. The van der Waals surface area contributed by atoms with Crippen molar-refractivity contribution in [3.8, 4) is 5.06 Å². The largest absolute Gasteiger partial charge is 0.480 e. The van der Waals surface area contributed by atoms with E-state index < -0.39 is 17.4 Å². The van der Waals surface area contributed by atoms with E-state index in [-0.39, 0.29) is 18.4 Å². The highest BCUT2D eigenvalue weighted by molar-refractivity contribution is 7.14. The molecule has 1 aliphatic heterocycles. The third-order valence-electron chi connectivity index (χ3n) is 4.48. The maximum Gasteiger partial charge on any atom is 0.325 e. The summed E-state index contributed by atoms with van der Waals surface area (Å²) in [5.74, 6) is -1.21. The van der Waals surface area contributed by atoms with Crippen LogP contribution in [-0.2, 0) is 22.6 Å². The van der Waals surface area contributed by atoms with E-state index >= 15 is 0 Å². The van der Waals surface area contributed by atoms with E-state index in [1.54, 1.807) is 24.3 Å². The van der Waals surface area contributed by atoms with E-state index in [1.165, 1.54) is 11.3 Å². The molecule has 0 bridgehead atoms. The minimum absolute atomic E-state index is 0. The molecule has 1 atom stereocenters. The average molecular weight is 444 g/mol. The van der Waals surface area contributed by atoms with Gasteiger partial charge in [0.05, 0.1) is 5.41 Å². The van der Waals surface area contributed by atoms with Crippen LogP contribution in [0, 0.1) is 5.41 Å². The average Bonchev–Trinajstić information content (AvgIpc) is 2.97. The number of ether oxygens (including phenoxy) is 1. The molecular weight excluding hydrogens is 421 g/mol. The van der Waals surface area contributed by atoms with Gasteiger partial charge in [0.1, 0.15) is 6.04 Å². The molecule has 5 nitrogen and oxygen atoms in total. The first kappa shape index (κ1) is 22.7. The highest BCUT2D eigenvalue weighted by atomic mass is 35.5. The number of aliphatic carboxylic acids is 1. The zero-order valence-corrected chi connectivity index (χ0v) is 18.3. The Balaban J connectivity index is 0.00000280. The minimum Gasteiger partial charge on any atom is -0.480 e. The third-order valence-corrected chi connectivity index (χ3v) is 5.94. The Morgan fingerprint density at radius 2 is 1.96 bits per heavy atom. The van der Waals surface area contributed by atoms with Crippen molar-refractivity contribution >= 4 is 47.3 Å². The molecule has 0 saturated heterocycles. The van der Waals surface area contributed by atoms with Crippen LogP contribution in [0.3, 0.4) is 0 Å². The molecule has 0 fully saturated rings. The first-order valence-corrected chi connectivity index (χ1v) is 9.91. The molecule has 0 amide bonds. The number of carbonyl (C=O) groups excluding carboxylic acids is 1. The number of carboxylic acid groups (broad SMARTS) is 1. The zero-order valence-electron chi connectivity index (χ0n) is 15.9. The second-order valence-corrected chi connectivity index (χ2v) is 9.14. The Kier molecular flexibility index (Phi) is 7.15. The summed E-state index contributed by atoms with van der Waals surface area (Å²) in [6.07, 6.45) is 0.710. The van der Waals surface area contributed by atoms with Crippen molar-refractivity contribution in [1.82, 2.24) is 4.90 Å². The summed E-state index contributed by atoms with van der Waals surface area (Å²) in [5.41, 5.74) is 1.01. The van der Waals surface area contributed by atoms with Gasteiger partial charge in [0.15, 0.2) is 5.06 Å². The first-order valence-electron chi connectivity index (χ1n) is 8.72. The van der Waals surface area contributed by atoms with Gasteiger partial charge in [0.25, 0.3) is 0 Å². The molecule has 0 unspecified atom stereocenters. The molecule has 0 saturated carbocycles. The quantitative estimate of drug-likeness (QED) is 0.676. The highest BCUT2D eigenvalue weighted by Crippen LogP contribution is 2.38. The van der Waals surface area contributed by atoms with Gasteiger partial charge in [0.2, 0.25) is 0 Å². The van der Waals surface area contributed by atoms with E-state index in [4.69, 9.17) is 16.3 Å². The Hall–Kier alpha value is -1.60. The number of carboxylic acids is 1. The number of nitrogens with zero attached hydrogens (tertiary/aromatic N) is 1. The number of benzene rings is 1. The van der Waals surface area contributed by atoms with Crippen molar-refractivity contribution in [2.45, 2.75) is 39.8 Å². The molecule has 1 aromatic carbocycles. The van der Waals surface area contributed by atoms with Gasteiger partial charge in [-0.15, -0.1) is 23.7 Å². The smallest absolute Gasteiger partial charge is 0.325 e. The van der Waals surface area contributed by atoms with Gasteiger partial charge in [-0.3, -0.25) is 14.5 Å². The minimum atomic E-state index is -0.929. The summed E-state index contributed by atoms with van der Waals surface area (Å²) in [6.45, 7) is 6.51. The lowest BCUT2D eigenvalue weighted by molar-refractivity contribution is -0.144. The Morgan fingerprint density at radius 1 is 1.29 bits per heavy atom. The van der Waals surface area contributed by atoms with Crippen molar-refractivity contribution in [2.24, 2.45) is 5.41 Å². The van der Waals surface area contributed by atoms with Crippen LogP contribution < -0.4 is 4.74 Å². The number of carbonyl (C=O) groups is 2. The summed E-state index contributed by atoms with van der Waals surface area (Å²) in [6, 6.07) is 8.07. The Labute approximate surface area is 179 Å². The van der Waals surface area contributed by atoms with E-state index in [0.29, 0.717) is 35.2 Å². The molecule has 8 heteroatoms. The fourth-order valence-electron chi connectivity index (χ4n) is 3.03. The molecule has 0 spiro atoms. The summed E-state index contributed by atoms with van der Waals surface area (Å²) < 4.78 is 5.50. The second-order valence-electron chi connectivity index (χ2n) is 7.64. The molecule has 2 heterocycles. The summed E-state index contributed by atoms with van der Waals surface area (Å²) in [7, 11) is 0. The van der Waals surface area contributed by atoms with Gasteiger partial charge < -0.3 is 9.84 Å². The van der Waals surface area contributed by atoms with Gasteiger partial charge >= 0.3 is 11.9 Å². The van der Waals surface area contributed by atoms with Crippen molar-refractivity contribution in [3.63, 3.8) is 0 Å². The highest BCUT2D eigenvalue weighted by Gasteiger charge is 2.33. The van der Waals surface area contributed by atoms with Crippen LogP contribution in [0.25, 0.3) is 0 Å². The van der Waals surface area contributed by atoms with E-state index in [0.717, 1.165) is 10.4 Å². The van der Waals surface area contributed by atoms with Crippen LogP contribution in [0.1, 0.15) is 42.8 Å². The van der Waals surface area contributed by atoms with Crippen molar-refractivity contribution in [1.29, 1.82) is 0 Å². The zero-order chi connectivity index (χ0) is 19.8. The molecule has 152 valence electrons. The van der Waals surface area contributed by atoms with Crippen LogP contribution in [0.2, 0.25) is 5.02 Å². The third kappa shape index (κ3) is 4.87. The van der Waals surface area contributed by atoms with Gasteiger partial charge in [-0.25, -0.2) is 0 Å². The summed E-state index contributed by atoms with van der Waals surface area (Å²) in [4.78, 5) is 27.1. The normalized spacial score (nSPS) is 15.3. The van der Waals surface area contributed by atoms with Crippen LogP contribution in [0.15, 0.2) is 30.3 Å². The number of hydrogen-bond acceptors (Lipinski definition) is 5. The standard InChI is InChI=1S/C20H22ClNO4S.ClH/c1-20(2,3)19(25)26-16-10-12-11-22(9-8-15(12)27-16)17(18(23)24)13-6-4-5-7-14(13)21;/h4-7,10,17H,8-9,11H2,1-3H3,(H,23,24);1H/t17-;/m0./s1. The van der Waals surface area contributed by atoms with E-state index in [2.05, 4.69) is 0 Å². The summed E-state index contributed by atoms with van der Waals surface area (Å²) in [5, 5.41) is 10.8. The van der Waals surface area contributed by atoms with Gasteiger partial charge in [-0.1, -0.05) is 29.8 Å². The van der Waals surface area contributed by atoms with Gasteiger partial charge in [-0.05, 0) is 50.5 Å². The fourth-order valence-corrected chi connectivity index (χ4v) is 4.27. The van der Waals surface area contributed by atoms with Crippen LogP contribution >= 0.6 is 35.3 Å². The van der Waals surface area contributed by atoms with Gasteiger partial charge in [0, 0.05) is 23.0 Å². The number of halogens is 2. The van der Waals surface area contributed by atoms with Gasteiger partial charge in [-0.2, -0.15) is 0 Å². The van der Waals surface area contributed by atoms with Crippen molar-refractivity contribution in [3.05, 3.63) is 51.4 Å². The first-order chi connectivity index (χ1) is 12.7. The number of rotatable bonds is 4. The molecule has 1 aromatic heterocycles. The number of esters is 1. The fraction of sp³-hybridized carbons (Fsp3) is 0.400. The lowest BCUT2D eigenvalue weighted by atomic mass is 9.97. The predicted octanol–water partition coefficient (Wildman–Crippen LogP) is 4.96.